The first-order chi connectivity index (χ1) is 8.00. The number of nitrogens with zero attached hydrogens (tertiary/aromatic N) is 3. The summed E-state index contributed by atoms with van der Waals surface area (Å²) in [5.74, 6) is 1.56. The molecule has 0 unspecified atom stereocenters. The molecule has 2 heterocycles. The zero-order chi connectivity index (χ0) is 12.5. The highest BCUT2D eigenvalue weighted by molar-refractivity contribution is 5.48. The third kappa shape index (κ3) is 2.52. The molecule has 90 valence electrons. The van der Waals surface area contributed by atoms with Crippen molar-refractivity contribution in [3.63, 3.8) is 0 Å². The normalized spacial score (nSPS) is 11.8. The van der Waals surface area contributed by atoms with Crippen LogP contribution in [0.2, 0.25) is 0 Å². The first-order valence-electron chi connectivity index (χ1n) is 5.89. The van der Waals surface area contributed by atoms with Gasteiger partial charge in [0.1, 0.15) is 11.5 Å². The fraction of sp³-hybridized carbons (Fsp3) is 0.462. The van der Waals surface area contributed by atoms with Crippen LogP contribution in [0, 0.1) is 0 Å². The summed E-state index contributed by atoms with van der Waals surface area (Å²) in [6.07, 6.45) is 2.75. The second kappa shape index (κ2) is 4.28. The number of rotatable bonds is 2. The van der Waals surface area contributed by atoms with Crippen LogP contribution in [-0.4, -0.2) is 20.2 Å². The van der Waals surface area contributed by atoms with Gasteiger partial charge in [-0.15, -0.1) is 0 Å². The molecule has 0 amide bonds. The fourth-order valence-corrected chi connectivity index (χ4v) is 1.54. The molecule has 0 fully saturated rings. The third-order valence-electron chi connectivity index (χ3n) is 2.73. The van der Waals surface area contributed by atoms with Crippen molar-refractivity contribution in [2.75, 3.05) is 0 Å². The number of aromatic nitrogens is 4. The highest BCUT2D eigenvalue weighted by Gasteiger charge is 2.14. The Labute approximate surface area is 102 Å². The summed E-state index contributed by atoms with van der Waals surface area (Å²) in [5.41, 5.74) is 2.15. The molecule has 0 bridgehead atoms. The summed E-state index contributed by atoms with van der Waals surface area (Å²) >= 11 is 0. The van der Waals surface area contributed by atoms with Gasteiger partial charge in [-0.05, 0) is 17.0 Å². The first-order valence-corrected chi connectivity index (χ1v) is 5.89. The largest absolute Gasteiger partial charge is 0.263 e. The van der Waals surface area contributed by atoms with E-state index < -0.39 is 0 Å². The molecule has 2 aromatic rings. The lowest BCUT2D eigenvalue weighted by atomic mass is 9.88. The number of hydrogen-bond donors (Lipinski definition) is 1. The third-order valence-corrected chi connectivity index (χ3v) is 2.73. The van der Waals surface area contributed by atoms with Gasteiger partial charge in [0, 0.05) is 12.6 Å². The maximum atomic E-state index is 4.42. The predicted octanol–water partition coefficient (Wildman–Crippen LogP) is 2.73. The smallest absolute Gasteiger partial charge is 0.199 e. The van der Waals surface area contributed by atoms with Crippen molar-refractivity contribution in [1.82, 2.24) is 20.2 Å². The lowest BCUT2D eigenvalue weighted by molar-refractivity contribution is 0.587. The van der Waals surface area contributed by atoms with Gasteiger partial charge in [-0.1, -0.05) is 33.8 Å². The molecular formula is C13H18N4. The highest BCUT2D eigenvalue weighted by atomic mass is 15.2. The Bertz CT molecular complexity index is 491. The van der Waals surface area contributed by atoms with Crippen LogP contribution in [0.25, 0.3) is 11.5 Å². The molecule has 1 N–H and O–H groups in total. The quantitative estimate of drug-likeness (QED) is 0.863. The average molecular weight is 230 g/mol. The summed E-state index contributed by atoms with van der Waals surface area (Å²) < 4.78 is 0. The van der Waals surface area contributed by atoms with E-state index in [9.17, 15) is 0 Å². The minimum atomic E-state index is 0.124. The minimum absolute atomic E-state index is 0.124. The van der Waals surface area contributed by atoms with Crippen molar-refractivity contribution in [3.8, 4) is 11.5 Å². The first kappa shape index (κ1) is 11.8. The number of aromatic amines is 1. The van der Waals surface area contributed by atoms with E-state index in [-0.39, 0.29) is 5.41 Å². The molecule has 2 rings (SSSR count). The van der Waals surface area contributed by atoms with Gasteiger partial charge in [-0.25, -0.2) is 4.98 Å². The van der Waals surface area contributed by atoms with E-state index in [0.717, 1.165) is 17.9 Å². The predicted molar refractivity (Wildman–Crippen MR) is 67.7 cm³/mol. The van der Waals surface area contributed by atoms with E-state index in [4.69, 9.17) is 0 Å². The molecule has 0 aliphatic heterocycles. The van der Waals surface area contributed by atoms with Crippen molar-refractivity contribution in [2.45, 2.75) is 39.5 Å². The number of pyridine rings is 1. The number of H-pyrrole nitrogens is 1. The summed E-state index contributed by atoms with van der Waals surface area (Å²) in [6.45, 7) is 8.56. The Hall–Kier alpha value is -1.71. The Morgan fingerprint density at radius 3 is 2.47 bits per heavy atom. The summed E-state index contributed by atoms with van der Waals surface area (Å²) in [4.78, 5) is 8.78. The summed E-state index contributed by atoms with van der Waals surface area (Å²) in [5, 5.41) is 7.05. The molecule has 4 nitrogen and oxygen atoms in total. The van der Waals surface area contributed by atoms with Gasteiger partial charge in [-0.3, -0.25) is 10.1 Å². The molecule has 0 aromatic carbocycles. The Balaban J connectivity index is 2.29. The number of nitrogens with one attached hydrogen (secondary N) is 1. The highest BCUT2D eigenvalue weighted by Crippen LogP contribution is 2.22. The maximum Gasteiger partial charge on any atom is 0.199 e. The SMILES string of the molecule is CCc1nc(-c2ccc(C(C)(C)C)cn2)n[nH]1. The topological polar surface area (TPSA) is 54.5 Å². The van der Waals surface area contributed by atoms with Crippen molar-refractivity contribution in [3.05, 3.63) is 29.7 Å². The molecule has 0 aliphatic carbocycles. The molecule has 0 spiro atoms. The molecule has 0 saturated carbocycles. The van der Waals surface area contributed by atoms with Gasteiger partial charge in [-0.2, -0.15) is 5.10 Å². The molecule has 0 aliphatic rings. The van der Waals surface area contributed by atoms with Crippen LogP contribution >= 0.6 is 0 Å². The lowest BCUT2D eigenvalue weighted by Gasteiger charge is -2.18. The zero-order valence-corrected chi connectivity index (χ0v) is 10.8. The standard InChI is InChI=1S/C13H18N4/c1-5-11-15-12(17-16-11)10-7-6-9(8-14-10)13(2,3)4/h6-8H,5H2,1-4H3,(H,15,16,17). The van der Waals surface area contributed by atoms with Crippen LogP contribution in [0.15, 0.2) is 18.3 Å². The molecular weight excluding hydrogens is 212 g/mol. The van der Waals surface area contributed by atoms with Crippen LogP contribution in [-0.2, 0) is 11.8 Å². The summed E-state index contributed by atoms with van der Waals surface area (Å²) in [7, 11) is 0. The van der Waals surface area contributed by atoms with Crippen LogP contribution in [0.5, 0.6) is 0 Å². The van der Waals surface area contributed by atoms with E-state index in [1.807, 2.05) is 19.2 Å². The Kier molecular flexibility index (Phi) is 2.96. The van der Waals surface area contributed by atoms with Crippen molar-refractivity contribution >= 4 is 0 Å². The Morgan fingerprint density at radius 1 is 1.24 bits per heavy atom. The number of aryl methyl sites for hydroxylation is 1. The van der Waals surface area contributed by atoms with E-state index in [1.165, 1.54) is 5.56 Å². The second-order valence-electron chi connectivity index (χ2n) is 5.14. The molecule has 2 aromatic heterocycles. The van der Waals surface area contributed by atoms with Gasteiger partial charge < -0.3 is 0 Å². The van der Waals surface area contributed by atoms with Crippen LogP contribution < -0.4 is 0 Å². The van der Waals surface area contributed by atoms with Gasteiger partial charge in [0.05, 0.1) is 0 Å². The van der Waals surface area contributed by atoms with Crippen LogP contribution in [0.1, 0.15) is 39.1 Å². The van der Waals surface area contributed by atoms with Crippen LogP contribution in [0.4, 0.5) is 0 Å². The Morgan fingerprint density at radius 2 is 2.00 bits per heavy atom. The van der Waals surface area contributed by atoms with Crippen molar-refractivity contribution in [1.29, 1.82) is 0 Å². The van der Waals surface area contributed by atoms with Gasteiger partial charge in [0.25, 0.3) is 0 Å². The van der Waals surface area contributed by atoms with Crippen molar-refractivity contribution in [2.24, 2.45) is 0 Å². The molecule has 0 saturated heterocycles. The molecule has 4 heteroatoms. The molecule has 0 atom stereocenters. The second-order valence-corrected chi connectivity index (χ2v) is 5.14. The maximum absolute atomic E-state index is 4.42. The molecule has 0 radical (unpaired) electrons. The number of hydrogen-bond acceptors (Lipinski definition) is 3. The average Bonchev–Trinajstić information content (AvgIpc) is 2.76. The monoisotopic (exact) mass is 230 g/mol. The summed E-state index contributed by atoms with van der Waals surface area (Å²) in [6, 6.07) is 4.06. The van der Waals surface area contributed by atoms with Crippen LogP contribution in [0.3, 0.4) is 0 Å². The van der Waals surface area contributed by atoms with Gasteiger partial charge in [0.2, 0.25) is 0 Å². The van der Waals surface area contributed by atoms with E-state index >= 15 is 0 Å². The van der Waals surface area contributed by atoms with Crippen molar-refractivity contribution < 1.29 is 0 Å². The van der Waals surface area contributed by atoms with E-state index in [2.05, 4.69) is 47.0 Å². The lowest BCUT2D eigenvalue weighted by Crippen LogP contribution is -2.11. The van der Waals surface area contributed by atoms with Gasteiger partial charge >= 0.3 is 0 Å². The zero-order valence-electron chi connectivity index (χ0n) is 10.8. The minimum Gasteiger partial charge on any atom is -0.263 e. The van der Waals surface area contributed by atoms with E-state index in [0.29, 0.717) is 5.82 Å². The van der Waals surface area contributed by atoms with Gasteiger partial charge in [0.15, 0.2) is 5.82 Å². The molecule has 17 heavy (non-hydrogen) atoms. The fourth-order valence-electron chi connectivity index (χ4n) is 1.54. The van der Waals surface area contributed by atoms with E-state index in [1.54, 1.807) is 0 Å².